The molecule has 3 rings (SSSR count). The number of benzene rings is 2. The summed E-state index contributed by atoms with van der Waals surface area (Å²) in [5.74, 6) is -1.12. The van der Waals surface area contributed by atoms with E-state index in [9.17, 15) is 14.0 Å². The first-order chi connectivity index (χ1) is 13.8. The summed E-state index contributed by atoms with van der Waals surface area (Å²) in [4.78, 5) is 31.2. The first-order valence-electron chi connectivity index (χ1n) is 8.49. The summed E-state index contributed by atoms with van der Waals surface area (Å²) in [7, 11) is 1.52. The minimum Gasteiger partial charge on any atom is -0.332 e. The lowest BCUT2D eigenvalue weighted by molar-refractivity contribution is -0.116. The molecule has 150 valence electrons. The first kappa shape index (κ1) is 21.2. The molecule has 5 nitrogen and oxygen atoms in total. The highest BCUT2D eigenvalue weighted by atomic mass is 35.5. The van der Waals surface area contributed by atoms with Crippen LogP contribution >= 0.6 is 34.5 Å². The molecular weight excluding hydrogens is 436 g/mol. The van der Waals surface area contributed by atoms with E-state index in [-0.39, 0.29) is 18.3 Å². The smallest absolute Gasteiger partial charge is 0.266 e. The van der Waals surface area contributed by atoms with Crippen molar-refractivity contribution in [2.75, 3.05) is 18.9 Å². The van der Waals surface area contributed by atoms with E-state index >= 15 is 0 Å². The van der Waals surface area contributed by atoms with Crippen LogP contribution in [0, 0.1) is 12.7 Å². The summed E-state index contributed by atoms with van der Waals surface area (Å²) >= 11 is 13.3. The van der Waals surface area contributed by atoms with Gasteiger partial charge in [-0.05, 0) is 43.3 Å². The van der Waals surface area contributed by atoms with Crippen LogP contribution in [0.25, 0.3) is 10.6 Å². The molecule has 0 atom stereocenters. The van der Waals surface area contributed by atoms with Crippen molar-refractivity contribution in [3.8, 4) is 10.6 Å². The average Bonchev–Trinajstić information content (AvgIpc) is 3.06. The Hall–Kier alpha value is -2.48. The van der Waals surface area contributed by atoms with Gasteiger partial charge in [-0.1, -0.05) is 29.3 Å². The predicted octanol–water partition coefficient (Wildman–Crippen LogP) is 5.28. The zero-order valence-corrected chi connectivity index (χ0v) is 17.8. The maximum Gasteiger partial charge on any atom is 0.266 e. The number of anilines is 1. The Bertz CT molecular complexity index is 1050. The van der Waals surface area contributed by atoms with Crippen molar-refractivity contribution in [2.24, 2.45) is 0 Å². The molecule has 0 radical (unpaired) electrons. The summed E-state index contributed by atoms with van der Waals surface area (Å²) in [5, 5.41) is 3.84. The fourth-order valence-electron chi connectivity index (χ4n) is 2.57. The summed E-state index contributed by atoms with van der Waals surface area (Å²) in [6.45, 7) is 1.53. The number of aryl methyl sites for hydroxylation is 1. The van der Waals surface area contributed by atoms with Crippen molar-refractivity contribution < 1.29 is 14.0 Å². The Morgan fingerprint density at radius 2 is 1.76 bits per heavy atom. The van der Waals surface area contributed by atoms with Crippen molar-refractivity contribution >= 4 is 52.0 Å². The molecule has 1 heterocycles. The van der Waals surface area contributed by atoms with Gasteiger partial charge in [0.2, 0.25) is 5.91 Å². The molecule has 0 saturated carbocycles. The number of amides is 2. The van der Waals surface area contributed by atoms with Crippen LogP contribution in [0.1, 0.15) is 15.4 Å². The second-order valence-electron chi connectivity index (χ2n) is 6.25. The summed E-state index contributed by atoms with van der Waals surface area (Å²) in [5.41, 5.74) is 1.56. The van der Waals surface area contributed by atoms with Gasteiger partial charge in [0, 0.05) is 12.6 Å². The average molecular weight is 452 g/mol. The third kappa shape index (κ3) is 4.93. The Labute approximate surface area is 181 Å². The number of aromatic nitrogens is 1. The van der Waals surface area contributed by atoms with E-state index in [0.717, 1.165) is 0 Å². The van der Waals surface area contributed by atoms with Crippen LogP contribution in [0.2, 0.25) is 10.0 Å². The van der Waals surface area contributed by atoms with E-state index in [0.29, 0.717) is 36.9 Å². The number of hydrogen-bond donors (Lipinski definition) is 1. The van der Waals surface area contributed by atoms with Gasteiger partial charge in [-0.3, -0.25) is 9.59 Å². The van der Waals surface area contributed by atoms with Crippen LogP contribution in [0.4, 0.5) is 10.1 Å². The monoisotopic (exact) mass is 451 g/mol. The summed E-state index contributed by atoms with van der Waals surface area (Å²) in [6, 6.07) is 10.8. The minimum atomic E-state index is -0.434. The molecular formula is C20H16Cl2FN3O2S. The molecule has 0 bridgehead atoms. The van der Waals surface area contributed by atoms with Gasteiger partial charge in [-0.25, -0.2) is 9.37 Å². The maximum atomic E-state index is 13.1. The standard InChI is InChI=1S/C20H16Cl2FN3O2S/c1-11-18(29-19(24-11)12-6-8-13(23)9-7-12)20(28)26(2)10-16(27)25-17-14(21)4-3-5-15(17)22/h3-9H,10H2,1-2H3,(H,25,27). The van der Waals surface area contributed by atoms with Gasteiger partial charge >= 0.3 is 0 Å². The second-order valence-corrected chi connectivity index (χ2v) is 8.06. The van der Waals surface area contributed by atoms with E-state index in [2.05, 4.69) is 10.3 Å². The largest absolute Gasteiger partial charge is 0.332 e. The van der Waals surface area contributed by atoms with Gasteiger partial charge in [0.1, 0.15) is 15.7 Å². The van der Waals surface area contributed by atoms with E-state index in [4.69, 9.17) is 23.2 Å². The molecule has 2 aromatic carbocycles. The number of carbonyl (C=O) groups is 2. The molecule has 0 spiro atoms. The lowest BCUT2D eigenvalue weighted by Crippen LogP contribution is -2.35. The van der Waals surface area contributed by atoms with Gasteiger partial charge in [-0.15, -0.1) is 11.3 Å². The molecule has 1 N–H and O–H groups in total. The molecule has 0 aliphatic heterocycles. The van der Waals surface area contributed by atoms with Crippen molar-refractivity contribution in [2.45, 2.75) is 6.92 Å². The second kappa shape index (κ2) is 8.90. The van der Waals surface area contributed by atoms with Gasteiger partial charge in [-0.2, -0.15) is 0 Å². The number of likely N-dealkylation sites (N-methyl/N-ethyl adjacent to an activating group) is 1. The van der Waals surface area contributed by atoms with Crippen LogP contribution in [0.15, 0.2) is 42.5 Å². The van der Waals surface area contributed by atoms with Crippen molar-refractivity contribution in [1.29, 1.82) is 0 Å². The third-order valence-corrected chi connectivity index (χ3v) is 5.86. The number of thiazole rings is 1. The molecule has 9 heteroatoms. The van der Waals surface area contributed by atoms with Crippen LogP contribution in [-0.2, 0) is 4.79 Å². The number of halogens is 3. The van der Waals surface area contributed by atoms with E-state index in [1.54, 1.807) is 37.3 Å². The van der Waals surface area contributed by atoms with Gasteiger partial charge < -0.3 is 10.2 Å². The molecule has 0 aliphatic rings. The predicted molar refractivity (Wildman–Crippen MR) is 114 cm³/mol. The summed E-state index contributed by atoms with van der Waals surface area (Å²) < 4.78 is 13.1. The zero-order chi connectivity index (χ0) is 21.1. The lowest BCUT2D eigenvalue weighted by Gasteiger charge is -2.17. The quantitative estimate of drug-likeness (QED) is 0.574. The minimum absolute atomic E-state index is 0.191. The highest BCUT2D eigenvalue weighted by Crippen LogP contribution is 2.30. The molecule has 0 saturated heterocycles. The molecule has 0 aliphatic carbocycles. The fraction of sp³-hybridized carbons (Fsp3) is 0.150. The Morgan fingerprint density at radius 1 is 1.14 bits per heavy atom. The van der Waals surface area contributed by atoms with Gasteiger partial charge in [0.15, 0.2) is 0 Å². The van der Waals surface area contributed by atoms with Crippen LogP contribution < -0.4 is 5.32 Å². The number of para-hydroxylation sites is 1. The maximum absolute atomic E-state index is 13.1. The van der Waals surface area contributed by atoms with E-state index in [1.165, 1.54) is 35.4 Å². The highest BCUT2D eigenvalue weighted by molar-refractivity contribution is 7.17. The molecule has 3 aromatic rings. The molecule has 0 fully saturated rings. The topological polar surface area (TPSA) is 62.3 Å². The highest BCUT2D eigenvalue weighted by Gasteiger charge is 2.22. The number of hydrogen-bond acceptors (Lipinski definition) is 4. The van der Waals surface area contributed by atoms with Crippen molar-refractivity contribution in [1.82, 2.24) is 9.88 Å². The Morgan fingerprint density at radius 3 is 2.38 bits per heavy atom. The number of carbonyl (C=O) groups excluding carboxylic acids is 2. The van der Waals surface area contributed by atoms with Crippen LogP contribution in [-0.4, -0.2) is 35.3 Å². The molecule has 2 amide bonds. The Kier molecular flexibility index (Phi) is 6.52. The van der Waals surface area contributed by atoms with E-state index < -0.39 is 5.91 Å². The lowest BCUT2D eigenvalue weighted by atomic mass is 10.2. The number of nitrogens with zero attached hydrogens (tertiary/aromatic N) is 2. The van der Waals surface area contributed by atoms with E-state index in [1.807, 2.05) is 0 Å². The third-order valence-electron chi connectivity index (χ3n) is 4.04. The summed E-state index contributed by atoms with van der Waals surface area (Å²) in [6.07, 6.45) is 0. The molecule has 0 unspecified atom stereocenters. The number of nitrogens with one attached hydrogen (secondary N) is 1. The van der Waals surface area contributed by atoms with Crippen LogP contribution in [0.3, 0.4) is 0 Å². The van der Waals surface area contributed by atoms with Crippen molar-refractivity contribution in [3.63, 3.8) is 0 Å². The van der Waals surface area contributed by atoms with Gasteiger partial charge in [0.05, 0.1) is 28.0 Å². The Balaban J connectivity index is 1.71. The number of rotatable bonds is 5. The fourth-order valence-corrected chi connectivity index (χ4v) is 4.13. The molecule has 1 aromatic heterocycles. The zero-order valence-electron chi connectivity index (χ0n) is 15.5. The first-order valence-corrected chi connectivity index (χ1v) is 10.1. The molecule has 29 heavy (non-hydrogen) atoms. The van der Waals surface area contributed by atoms with Gasteiger partial charge in [0.25, 0.3) is 5.91 Å². The normalized spacial score (nSPS) is 10.7. The van der Waals surface area contributed by atoms with Crippen molar-refractivity contribution in [3.05, 3.63) is 68.9 Å². The SMILES string of the molecule is Cc1nc(-c2ccc(F)cc2)sc1C(=O)N(C)CC(=O)Nc1c(Cl)cccc1Cl. The van der Waals surface area contributed by atoms with Crippen LogP contribution in [0.5, 0.6) is 0 Å².